The highest BCUT2D eigenvalue weighted by atomic mass is 32.1. The summed E-state index contributed by atoms with van der Waals surface area (Å²) in [5, 5.41) is 9.17. The number of benzene rings is 3. The topological polar surface area (TPSA) is 46.2 Å². The van der Waals surface area contributed by atoms with Crippen molar-refractivity contribution in [3.8, 4) is 11.6 Å². The number of hydrogen-bond acceptors (Lipinski definition) is 3. The van der Waals surface area contributed by atoms with Gasteiger partial charge >= 0.3 is 0 Å². The summed E-state index contributed by atoms with van der Waals surface area (Å²) < 4.78 is 5.87. The lowest BCUT2D eigenvalue weighted by Gasteiger charge is -2.15. The van der Waals surface area contributed by atoms with Gasteiger partial charge in [-0.1, -0.05) is 54.6 Å². The van der Waals surface area contributed by atoms with E-state index in [4.69, 9.17) is 17.0 Å². The molecular formula is C22H17N3OS. The summed E-state index contributed by atoms with van der Waals surface area (Å²) in [4.78, 5) is 4.31. The van der Waals surface area contributed by atoms with Crippen molar-refractivity contribution < 1.29 is 4.74 Å². The Balaban J connectivity index is 1.53. The van der Waals surface area contributed by atoms with Gasteiger partial charge in [-0.2, -0.15) is 0 Å². The second-order valence-electron chi connectivity index (χ2n) is 5.88. The van der Waals surface area contributed by atoms with Crippen LogP contribution in [-0.2, 0) is 0 Å². The van der Waals surface area contributed by atoms with Crippen molar-refractivity contribution in [1.82, 2.24) is 4.98 Å². The molecule has 3 aromatic carbocycles. The monoisotopic (exact) mass is 371 g/mol. The van der Waals surface area contributed by atoms with Gasteiger partial charge in [0.05, 0.1) is 0 Å². The van der Waals surface area contributed by atoms with Gasteiger partial charge < -0.3 is 15.4 Å². The zero-order valence-electron chi connectivity index (χ0n) is 14.4. The van der Waals surface area contributed by atoms with Gasteiger partial charge in [0.15, 0.2) is 5.11 Å². The van der Waals surface area contributed by atoms with Crippen LogP contribution in [0.3, 0.4) is 0 Å². The molecule has 0 unspecified atom stereocenters. The van der Waals surface area contributed by atoms with Crippen molar-refractivity contribution in [2.24, 2.45) is 0 Å². The van der Waals surface area contributed by atoms with Crippen LogP contribution in [0.5, 0.6) is 11.6 Å². The second kappa shape index (κ2) is 7.85. The number of fused-ring (bicyclic) bond motifs is 1. The largest absolute Gasteiger partial charge is 0.437 e. The molecule has 1 heterocycles. The van der Waals surface area contributed by atoms with Crippen molar-refractivity contribution in [1.29, 1.82) is 0 Å². The van der Waals surface area contributed by atoms with Gasteiger partial charge in [0.2, 0.25) is 5.88 Å². The number of pyridine rings is 1. The first-order valence-corrected chi connectivity index (χ1v) is 8.94. The van der Waals surface area contributed by atoms with Crippen LogP contribution in [-0.4, -0.2) is 10.1 Å². The summed E-state index contributed by atoms with van der Waals surface area (Å²) in [5.74, 6) is 1.18. The van der Waals surface area contributed by atoms with Crippen LogP contribution < -0.4 is 15.4 Å². The van der Waals surface area contributed by atoms with E-state index in [0.717, 1.165) is 16.5 Å². The van der Waals surface area contributed by atoms with Crippen molar-refractivity contribution in [2.45, 2.75) is 0 Å². The van der Waals surface area contributed by atoms with Gasteiger partial charge in [-0.25, -0.2) is 4.98 Å². The van der Waals surface area contributed by atoms with E-state index < -0.39 is 0 Å². The summed E-state index contributed by atoms with van der Waals surface area (Å²) in [6.45, 7) is 0. The smallest absolute Gasteiger partial charge is 0.243 e. The van der Waals surface area contributed by atoms with E-state index in [2.05, 4.69) is 33.8 Å². The summed E-state index contributed by atoms with van der Waals surface area (Å²) in [7, 11) is 0. The van der Waals surface area contributed by atoms with Gasteiger partial charge in [-0.15, -0.1) is 0 Å². The van der Waals surface area contributed by atoms with Crippen molar-refractivity contribution in [3.63, 3.8) is 0 Å². The van der Waals surface area contributed by atoms with Crippen molar-refractivity contribution in [3.05, 3.63) is 91.1 Å². The molecule has 0 radical (unpaired) electrons. The van der Waals surface area contributed by atoms with E-state index >= 15 is 0 Å². The first-order valence-electron chi connectivity index (χ1n) is 8.53. The minimum Gasteiger partial charge on any atom is -0.437 e. The first-order chi connectivity index (χ1) is 13.3. The molecule has 0 amide bonds. The molecule has 5 heteroatoms. The Bertz CT molecular complexity index is 1080. The highest BCUT2D eigenvalue weighted by Gasteiger charge is 2.09. The maximum atomic E-state index is 5.87. The highest BCUT2D eigenvalue weighted by molar-refractivity contribution is 7.80. The summed E-state index contributed by atoms with van der Waals surface area (Å²) >= 11 is 5.50. The molecule has 4 aromatic rings. The molecule has 0 spiro atoms. The van der Waals surface area contributed by atoms with E-state index in [9.17, 15) is 0 Å². The highest BCUT2D eigenvalue weighted by Crippen LogP contribution is 2.27. The lowest BCUT2D eigenvalue weighted by atomic mass is 10.1. The minimum absolute atomic E-state index is 0.464. The minimum atomic E-state index is 0.464. The van der Waals surface area contributed by atoms with Crippen LogP contribution in [0.2, 0.25) is 0 Å². The van der Waals surface area contributed by atoms with Crippen LogP contribution in [0, 0.1) is 0 Å². The number of nitrogens with one attached hydrogen (secondary N) is 2. The van der Waals surface area contributed by atoms with Crippen LogP contribution >= 0.6 is 12.2 Å². The second-order valence-corrected chi connectivity index (χ2v) is 6.29. The molecule has 0 aliphatic carbocycles. The number of para-hydroxylation sites is 1. The first kappa shape index (κ1) is 17.0. The number of aromatic nitrogens is 1. The molecule has 1 aromatic heterocycles. The summed E-state index contributed by atoms with van der Waals surface area (Å²) in [6.07, 6.45) is 1.69. The molecule has 0 bridgehead atoms. The number of hydrogen-bond donors (Lipinski definition) is 2. The van der Waals surface area contributed by atoms with Crippen LogP contribution in [0.15, 0.2) is 91.1 Å². The predicted octanol–water partition coefficient (Wildman–Crippen LogP) is 5.84. The van der Waals surface area contributed by atoms with Gasteiger partial charge in [-0.05, 0) is 47.9 Å². The average Bonchev–Trinajstić information content (AvgIpc) is 2.71. The van der Waals surface area contributed by atoms with E-state index in [0.29, 0.717) is 22.4 Å². The zero-order valence-corrected chi connectivity index (χ0v) is 15.2. The summed E-state index contributed by atoms with van der Waals surface area (Å²) in [6, 6.07) is 27.5. The van der Waals surface area contributed by atoms with Gasteiger partial charge in [-0.3, -0.25) is 0 Å². The van der Waals surface area contributed by atoms with E-state index in [1.165, 1.54) is 0 Å². The Morgan fingerprint density at radius 1 is 0.741 bits per heavy atom. The van der Waals surface area contributed by atoms with Crippen LogP contribution in [0.25, 0.3) is 10.8 Å². The fourth-order valence-electron chi connectivity index (χ4n) is 2.78. The third-order valence-electron chi connectivity index (χ3n) is 4.01. The molecule has 2 N–H and O–H groups in total. The maximum Gasteiger partial charge on any atom is 0.243 e. The number of nitrogens with zero attached hydrogens (tertiary/aromatic N) is 1. The number of anilines is 2. The molecule has 4 rings (SSSR count). The Morgan fingerprint density at radius 3 is 2.33 bits per heavy atom. The van der Waals surface area contributed by atoms with Gasteiger partial charge in [0.1, 0.15) is 11.4 Å². The lowest BCUT2D eigenvalue weighted by Crippen LogP contribution is -2.19. The zero-order chi connectivity index (χ0) is 18.5. The normalized spacial score (nSPS) is 10.4. The van der Waals surface area contributed by atoms with E-state index in [1.54, 1.807) is 6.20 Å². The molecule has 0 aliphatic heterocycles. The standard InChI is InChI=1S/C22H17N3OS/c27-22(24-19-13-6-9-16-8-4-5-12-18(16)19)25-20-14-7-15-23-21(20)26-17-10-2-1-3-11-17/h1-15H,(H2,24,25,27). The van der Waals surface area contributed by atoms with Gasteiger partial charge in [0, 0.05) is 17.3 Å². The van der Waals surface area contributed by atoms with Crippen molar-refractivity contribution >= 4 is 39.5 Å². The van der Waals surface area contributed by atoms with E-state index in [-0.39, 0.29) is 0 Å². The quantitative estimate of drug-likeness (QED) is 0.442. The van der Waals surface area contributed by atoms with Crippen molar-refractivity contribution in [2.75, 3.05) is 10.6 Å². The third kappa shape index (κ3) is 4.04. The molecule has 0 saturated heterocycles. The molecule has 27 heavy (non-hydrogen) atoms. The molecule has 4 nitrogen and oxygen atoms in total. The Labute approximate surface area is 162 Å². The SMILES string of the molecule is S=C(Nc1cccnc1Oc1ccccc1)Nc1cccc2ccccc12. The van der Waals surface area contributed by atoms with Crippen LogP contribution in [0.4, 0.5) is 11.4 Å². The third-order valence-corrected chi connectivity index (χ3v) is 4.22. The van der Waals surface area contributed by atoms with E-state index in [1.807, 2.05) is 66.7 Å². The molecular weight excluding hydrogens is 354 g/mol. The number of thiocarbonyl (C=S) groups is 1. The predicted molar refractivity (Wildman–Crippen MR) is 115 cm³/mol. The van der Waals surface area contributed by atoms with Crippen LogP contribution in [0.1, 0.15) is 0 Å². The summed E-state index contributed by atoms with van der Waals surface area (Å²) in [5.41, 5.74) is 1.64. The Hall–Kier alpha value is -3.44. The number of ether oxygens (including phenoxy) is 1. The molecule has 132 valence electrons. The van der Waals surface area contributed by atoms with Gasteiger partial charge in [0.25, 0.3) is 0 Å². The fourth-order valence-corrected chi connectivity index (χ4v) is 3.00. The molecule has 0 fully saturated rings. The Morgan fingerprint density at radius 2 is 1.44 bits per heavy atom. The average molecular weight is 371 g/mol. The lowest BCUT2D eigenvalue weighted by molar-refractivity contribution is 0.465. The molecule has 0 atom stereocenters. The Kier molecular flexibility index (Phi) is 4.94. The molecule has 0 saturated carbocycles. The molecule has 0 aliphatic rings. The fraction of sp³-hybridized carbons (Fsp3) is 0. The number of rotatable bonds is 4. The maximum absolute atomic E-state index is 5.87.